The third-order valence-electron chi connectivity index (χ3n) is 8.34. The van der Waals surface area contributed by atoms with E-state index < -0.39 is 87.3 Å². The van der Waals surface area contributed by atoms with Crippen molar-refractivity contribution in [1.29, 1.82) is 5.26 Å². The summed E-state index contributed by atoms with van der Waals surface area (Å²) in [5.41, 5.74) is 17.1. The molecule has 2 fully saturated rings. The van der Waals surface area contributed by atoms with E-state index in [2.05, 4.69) is 0 Å². The molecule has 14 nitrogen and oxygen atoms in total. The largest absolute Gasteiger partial charge is 0.507 e. The summed E-state index contributed by atoms with van der Waals surface area (Å²) in [4.78, 5) is 82.5. The normalized spacial score (nSPS) is 36.8. The van der Waals surface area contributed by atoms with Gasteiger partial charge in [0.1, 0.15) is 23.3 Å². The van der Waals surface area contributed by atoms with Gasteiger partial charge < -0.3 is 32.8 Å². The van der Waals surface area contributed by atoms with E-state index in [1.165, 1.54) is 33.2 Å². The van der Waals surface area contributed by atoms with Gasteiger partial charge >= 0.3 is 5.97 Å². The van der Waals surface area contributed by atoms with Crippen LogP contribution in [0.2, 0.25) is 0 Å². The number of nitrogens with zero attached hydrogens (tertiary/aromatic N) is 2. The van der Waals surface area contributed by atoms with Crippen LogP contribution in [0, 0.1) is 32.2 Å². The number of ketones is 4. The van der Waals surface area contributed by atoms with Crippen molar-refractivity contribution < 1.29 is 38.6 Å². The summed E-state index contributed by atoms with van der Waals surface area (Å²) < 4.78 is 6.06. The van der Waals surface area contributed by atoms with E-state index in [0.717, 1.165) is 4.90 Å². The van der Waals surface area contributed by atoms with Gasteiger partial charge in [-0.1, -0.05) is 6.92 Å². The second-order valence-electron chi connectivity index (χ2n) is 10.5. The number of likely N-dealkylation sites (N-methyl/N-ethyl adjacent to an activating group) is 1. The molecule has 2 unspecified atom stereocenters. The smallest absolute Gasteiger partial charge is 0.305 e. The number of esters is 1. The standard InChI is InChI=1S/C25H27IN6O8/c1-4-10(34)40-22-24(30)14(15(35)12-9(33)6-5-8(26)11(12)17(24)28)20(38)23(7-27)19(37)13(21(29)39)16(36)18(32(2)3)25(22,23)31/h5-6,13-14,17-18,22,33H,4,28,30-31H2,1-3H3,(H2,29,39)/t13?,14?,17-,18+,22-,23-,24+,25-/m0/s1. The summed E-state index contributed by atoms with van der Waals surface area (Å²) in [6.45, 7) is 1.42. The van der Waals surface area contributed by atoms with Gasteiger partial charge in [0.25, 0.3) is 0 Å². The minimum atomic E-state index is -3.12. The molecule has 0 aromatic heterocycles. The van der Waals surface area contributed by atoms with Crippen LogP contribution in [-0.2, 0) is 28.7 Å². The van der Waals surface area contributed by atoms with Crippen LogP contribution < -0.4 is 22.9 Å². The maximum atomic E-state index is 14.5. The highest BCUT2D eigenvalue weighted by Gasteiger charge is 2.84. The highest BCUT2D eigenvalue weighted by atomic mass is 127. The Morgan fingerprint density at radius 1 is 1.18 bits per heavy atom. The first kappa shape index (κ1) is 29.7. The fourth-order valence-corrected chi connectivity index (χ4v) is 7.43. The number of aromatic hydroxyl groups is 1. The second kappa shape index (κ2) is 9.38. The molecule has 0 heterocycles. The van der Waals surface area contributed by atoms with Gasteiger partial charge in [-0.3, -0.25) is 33.7 Å². The molecule has 0 saturated heterocycles. The highest BCUT2D eigenvalue weighted by Crippen LogP contribution is 2.59. The van der Waals surface area contributed by atoms with Gasteiger partial charge in [-0.2, -0.15) is 5.26 Å². The molecule has 2 saturated carbocycles. The van der Waals surface area contributed by atoms with Crippen LogP contribution in [0.3, 0.4) is 0 Å². The Kier molecular flexibility index (Phi) is 6.96. The van der Waals surface area contributed by atoms with Crippen LogP contribution in [-0.4, -0.2) is 82.3 Å². The molecule has 3 aliphatic carbocycles. The number of hydrogen-bond donors (Lipinski definition) is 5. The van der Waals surface area contributed by atoms with E-state index in [4.69, 9.17) is 27.7 Å². The molecule has 0 radical (unpaired) electrons. The summed E-state index contributed by atoms with van der Waals surface area (Å²) in [6, 6.07) is 0.874. The van der Waals surface area contributed by atoms with Gasteiger partial charge in [0.2, 0.25) is 5.91 Å². The molecular formula is C25H27IN6O8. The SMILES string of the molecule is CCC(=O)O[C@H]1[C@@]2(N)C(C(=O)c3c(O)ccc(I)c3[C@@H]2N)C(=O)[C@]2(C#N)C(=O)C(C(N)=O)C(=O)[C@@H](N(C)C)[C@]12N. The third-order valence-corrected chi connectivity index (χ3v) is 9.28. The molecule has 1 aromatic rings. The number of ether oxygens (including phenoxy) is 1. The van der Waals surface area contributed by atoms with E-state index in [1.807, 2.05) is 22.6 Å². The number of hydrogen-bond acceptors (Lipinski definition) is 13. The van der Waals surface area contributed by atoms with Gasteiger partial charge in [0, 0.05) is 9.99 Å². The fraction of sp³-hybridized carbons (Fsp3) is 0.480. The molecule has 0 aliphatic heterocycles. The Bertz CT molecular complexity index is 1460. The zero-order chi connectivity index (χ0) is 30.3. The molecule has 8 atom stereocenters. The molecule has 1 amide bonds. The summed E-state index contributed by atoms with van der Waals surface area (Å²) in [5, 5.41) is 21.2. The molecule has 15 heteroatoms. The van der Waals surface area contributed by atoms with Crippen molar-refractivity contribution in [3.63, 3.8) is 0 Å². The van der Waals surface area contributed by atoms with Crippen molar-refractivity contribution in [3.05, 3.63) is 26.8 Å². The number of nitrogens with two attached hydrogens (primary N) is 4. The predicted molar refractivity (Wildman–Crippen MR) is 143 cm³/mol. The van der Waals surface area contributed by atoms with Gasteiger partial charge in [-0.15, -0.1) is 0 Å². The minimum Gasteiger partial charge on any atom is -0.507 e. The second-order valence-corrected chi connectivity index (χ2v) is 11.6. The van der Waals surface area contributed by atoms with Gasteiger partial charge in [-0.05, 0) is 54.4 Å². The maximum absolute atomic E-state index is 14.5. The van der Waals surface area contributed by atoms with Crippen molar-refractivity contribution in [2.75, 3.05) is 14.1 Å². The zero-order valence-corrected chi connectivity index (χ0v) is 23.8. The lowest BCUT2D eigenvalue weighted by Gasteiger charge is -2.64. The van der Waals surface area contributed by atoms with Crippen LogP contribution in [0.5, 0.6) is 5.75 Å². The summed E-state index contributed by atoms with van der Waals surface area (Å²) in [6.07, 6.45) is -2.34. The Hall–Kier alpha value is -3.30. The number of Topliss-reactive ketones (excluding diaryl/α,β-unsaturated/α-hetero) is 4. The number of carbonyl (C=O) groups excluding carboxylic acids is 6. The summed E-state index contributed by atoms with van der Waals surface area (Å²) in [7, 11) is 2.65. The van der Waals surface area contributed by atoms with Crippen LogP contribution >= 0.6 is 22.6 Å². The first-order valence-corrected chi connectivity index (χ1v) is 13.2. The van der Waals surface area contributed by atoms with Crippen molar-refractivity contribution >= 4 is 57.6 Å². The predicted octanol–water partition coefficient (Wildman–Crippen LogP) is -2.20. The van der Waals surface area contributed by atoms with Crippen LogP contribution in [0.1, 0.15) is 35.3 Å². The molecule has 0 spiro atoms. The average molecular weight is 666 g/mol. The first-order chi connectivity index (χ1) is 18.5. The maximum Gasteiger partial charge on any atom is 0.305 e. The Morgan fingerprint density at radius 3 is 2.27 bits per heavy atom. The zero-order valence-electron chi connectivity index (χ0n) is 21.6. The van der Waals surface area contributed by atoms with E-state index in [-0.39, 0.29) is 17.5 Å². The number of phenols is 1. The summed E-state index contributed by atoms with van der Waals surface area (Å²) in [5.74, 6) is -12.6. The van der Waals surface area contributed by atoms with Gasteiger partial charge in [-0.25, -0.2) is 0 Å². The van der Waals surface area contributed by atoms with Crippen molar-refractivity contribution in [3.8, 4) is 11.8 Å². The lowest BCUT2D eigenvalue weighted by molar-refractivity contribution is -0.195. The molecular weight excluding hydrogens is 639 g/mol. The third kappa shape index (κ3) is 3.27. The molecule has 1 aromatic carbocycles. The van der Waals surface area contributed by atoms with E-state index in [1.54, 1.807) is 6.07 Å². The number of primary amides is 1. The summed E-state index contributed by atoms with van der Waals surface area (Å²) >= 11 is 1.84. The quantitative estimate of drug-likeness (QED) is 0.130. The number of fused-ring (bicyclic) bond motifs is 3. The lowest BCUT2D eigenvalue weighted by Crippen LogP contribution is -2.92. The van der Waals surface area contributed by atoms with Crippen molar-refractivity contribution in [2.45, 2.75) is 42.6 Å². The Balaban J connectivity index is 2.21. The highest BCUT2D eigenvalue weighted by molar-refractivity contribution is 14.1. The lowest BCUT2D eigenvalue weighted by atomic mass is 9.41. The van der Waals surface area contributed by atoms with Gasteiger partial charge in [0.15, 0.2) is 34.5 Å². The van der Waals surface area contributed by atoms with E-state index in [9.17, 15) is 39.1 Å². The number of nitriles is 1. The van der Waals surface area contributed by atoms with Crippen LogP contribution in [0.15, 0.2) is 12.1 Å². The molecule has 40 heavy (non-hydrogen) atoms. The monoisotopic (exact) mass is 666 g/mol. The number of carbonyl (C=O) groups is 6. The number of rotatable bonds is 4. The number of halogens is 1. The fourth-order valence-electron chi connectivity index (χ4n) is 6.64. The van der Waals surface area contributed by atoms with Crippen molar-refractivity contribution in [1.82, 2.24) is 4.90 Å². The molecule has 3 aliphatic rings. The molecule has 0 bridgehead atoms. The Labute approximate surface area is 241 Å². The van der Waals surface area contributed by atoms with Crippen molar-refractivity contribution in [2.24, 2.45) is 40.2 Å². The van der Waals surface area contributed by atoms with E-state index >= 15 is 0 Å². The van der Waals surface area contributed by atoms with Crippen LogP contribution in [0.25, 0.3) is 0 Å². The minimum absolute atomic E-state index is 0.0210. The Morgan fingerprint density at radius 2 is 1.77 bits per heavy atom. The first-order valence-electron chi connectivity index (χ1n) is 12.1. The van der Waals surface area contributed by atoms with E-state index in [0.29, 0.717) is 3.57 Å². The van der Waals surface area contributed by atoms with Crippen LogP contribution in [0.4, 0.5) is 0 Å². The molecule has 4 rings (SSSR count). The topological polar surface area (TPSA) is 263 Å². The number of phenolic OH excluding ortho intramolecular Hbond substituents is 1. The number of benzene rings is 1. The van der Waals surface area contributed by atoms with Gasteiger partial charge in [0.05, 0.1) is 29.3 Å². The molecule has 212 valence electrons. The average Bonchev–Trinajstić information content (AvgIpc) is 2.86. The number of amides is 1. The molecule has 9 N–H and O–H groups in total.